The summed E-state index contributed by atoms with van der Waals surface area (Å²) in [5.41, 5.74) is 3.99. The number of rotatable bonds is 14. The summed E-state index contributed by atoms with van der Waals surface area (Å²) in [6.45, 7) is 4.98. The number of ether oxygens (including phenoxy) is 4. The SMILES string of the molecule is COCCOCCNc1ccc2nc3ccccc3cc2c1NCCOCCOC. The Balaban J connectivity index is 1.75. The first-order chi connectivity index (χ1) is 14.8. The number of pyridine rings is 1. The molecule has 1 aromatic heterocycles. The Kier molecular flexibility index (Phi) is 9.11. The predicted octanol–water partition coefficient (Wildman–Crippen LogP) is 3.54. The first kappa shape index (κ1) is 22.2. The molecular formula is C23H31N3O4. The number of anilines is 2. The fourth-order valence-corrected chi connectivity index (χ4v) is 3.18. The van der Waals surface area contributed by atoms with Crippen LogP contribution in [0.25, 0.3) is 21.8 Å². The van der Waals surface area contributed by atoms with Gasteiger partial charge in [-0.3, -0.25) is 0 Å². The van der Waals surface area contributed by atoms with Gasteiger partial charge in [-0.15, -0.1) is 0 Å². The monoisotopic (exact) mass is 413 g/mol. The van der Waals surface area contributed by atoms with Crippen LogP contribution in [0.15, 0.2) is 42.5 Å². The molecule has 2 aromatic carbocycles. The van der Waals surface area contributed by atoms with E-state index in [1.54, 1.807) is 14.2 Å². The molecule has 0 radical (unpaired) electrons. The van der Waals surface area contributed by atoms with E-state index in [4.69, 9.17) is 23.9 Å². The molecule has 2 N–H and O–H groups in total. The smallest absolute Gasteiger partial charge is 0.0732 e. The number of benzene rings is 2. The lowest BCUT2D eigenvalue weighted by Gasteiger charge is -2.17. The first-order valence-corrected chi connectivity index (χ1v) is 10.3. The Morgan fingerprint density at radius 3 is 2.17 bits per heavy atom. The van der Waals surface area contributed by atoms with Gasteiger partial charge < -0.3 is 29.6 Å². The number of nitrogens with zero attached hydrogens (tertiary/aromatic N) is 1. The quantitative estimate of drug-likeness (QED) is 0.309. The second-order valence-electron chi connectivity index (χ2n) is 6.80. The average Bonchev–Trinajstić information content (AvgIpc) is 2.77. The zero-order valence-electron chi connectivity index (χ0n) is 17.8. The molecule has 30 heavy (non-hydrogen) atoms. The topological polar surface area (TPSA) is 73.9 Å². The van der Waals surface area contributed by atoms with Crippen LogP contribution in [0.2, 0.25) is 0 Å². The molecule has 0 spiro atoms. The lowest BCUT2D eigenvalue weighted by atomic mass is 10.1. The van der Waals surface area contributed by atoms with Gasteiger partial charge >= 0.3 is 0 Å². The van der Waals surface area contributed by atoms with Gasteiger partial charge in [-0.05, 0) is 24.3 Å². The van der Waals surface area contributed by atoms with E-state index in [2.05, 4.69) is 34.9 Å². The second kappa shape index (κ2) is 12.3. The zero-order chi connectivity index (χ0) is 21.0. The molecule has 0 aliphatic heterocycles. The number of aromatic nitrogens is 1. The normalized spacial score (nSPS) is 11.3. The second-order valence-corrected chi connectivity index (χ2v) is 6.80. The van der Waals surface area contributed by atoms with E-state index in [-0.39, 0.29) is 0 Å². The highest BCUT2D eigenvalue weighted by Gasteiger charge is 2.10. The standard InChI is InChI=1S/C23H31N3O4/c1-27-13-15-29-11-9-24-22-8-7-21-19(17-18-5-3-4-6-20(18)26-21)23(22)25-10-12-30-16-14-28-2/h3-8,17,24-25H,9-16H2,1-2H3. The molecule has 0 atom stereocenters. The van der Waals surface area contributed by atoms with Crippen molar-refractivity contribution in [3.05, 3.63) is 42.5 Å². The Labute approximate surface area is 177 Å². The third kappa shape index (κ3) is 6.27. The van der Waals surface area contributed by atoms with E-state index in [1.165, 1.54) is 0 Å². The number of fused-ring (bicyclic) bond motifs is 2. The summed E-state index contributed by atoms with van der Waals surface area (Å²) < 4.78 is 21.2. The van der Waals surface area contributed by atoms with E-state index >= 15 is 0 Å². The molecule has 0 aliphatic carbocycles. The van der Waals surface area contributed by atoms with Crippen LogP contribution in [0.1, 0.15) is 0 Å². The van der Waals surface area contributed by atoms with Gasteiger partial charge in [0, 0.05) is 38.1 Å². The largest absolute Gasteiger partial charge is 0.382 e. The fraction of sp³-hybridized carbons (Fsp3) is 0.435. The summed E-state index contributed by atoms with van der Waals surface area (Å²) >= 11 is 0. The van der Waals surface area contributed by atoms with E-state index in [1.807, 2.05) is 18.2 Å². The van der Waals surface area contributed by atoms with Gasteiger partial charge in [0.2, 0.25) is 0 Å². The molecule has 7 nitrogen and oxygen atoms in total. The number of methoxy groups -OCH3 is 2. The van der Waals surface area contributed by atoms with Crippen LogP contribution >= 0.6 is 0 Å². The van der Waals surface area contributed by atoms with Gasteiger partial charge in [0.05, 0.1) is 62.0 Å². The molecule has 0 fully saturated rings. The predicted molar refractivity (Wildman–Crippen MR) is 122 cm³/mol. The van der Waals surface area contributed by atoms with Gasteiger partial charge in [0.15, 0.2) is 0 Å². The van der Waals surface area contributed by atoms with E-state index in [0.717, 1.165) is 33.2 Å². The highest BCUT2D eigenvalue weighted by atomic mass is 16.5. The van der Waals surface area contributed by atoms with Gasteiger partial charge in [0.25, 0.3) is 0 Å². The minimum absolute atomic E-state index is 0.587. The zero-order valence-corrected chi connectivity index (χ0v) is 17.8. The van der Waals surface area contributed by atoms with Crippen LogP contribution in [0.5, 0.6) is 0 Å². The molecular weight excluding hydrogens is 382 g/mol. The van der Waals surface area contributed by atoms with Gasteiger partial charge in [-0.2, -0.15) is 0 Å². The van der Waals surface area contributed by atoms with Crippen molar-refractivity contribution in [3.8, 4) is 0 Å². The van der Waals surface area contributed by atoms with Crippen molar-refractivity contribution in [3.63, 3.8) is 0 Å². The summed E-state index contributed by atoms with van der Waals surface area (Å²) in [6.07, 6.45) is 0. The van der Waals surface area contributed by atoms with Crippen molar-refractivity contribution < 1.29 is 18.9 Å². The summed E-state index contributed by atoms with van der Waals surface area (Å²) in [4.78, 5) is 4.82. The van der Waals surface area contributed by atoms with Gasteiger partial charge in [-0.1, -0.05) is 18.2 Å². The fourth-order valence-electron chi connectivity index (χ4n) is 3.18. The first-order valence-electron chi connectivity index (χ1n) is 10.3. The Bertz CT molecular complexity index is 919. The molecule has 0 unspecified atom stereocenters. The summed E-state index contributed by atoms with van der Waals surface area (Å²) in [7, 11) is 3.34. The van der Waals surface area contributed by atoms with E-state index < -0.39 is 0 Å². The van der Waals surface area contributed by atoms with Crippen LogP contribution < -0.4 is 10.6 Å². The van der Waals surface area contributed by atoms with Crippen LogP contribution in [0.4, 0.5) is 11.4 Å². The van der Waals surface area contributed by atoms with Crippen LogP contribution in [-0.4, -0.2) is 71.9 Å². The Hall–Kier alpha value is -2.45. The Morgan fingerprint density at radius 2 is 1.43 bits per heavy atom. The van der Waals surface area contributed by atoms with Crippen LogP contribution in [0.3, 0.4) is 0 Å². The van der Waals surface area contributed by atoms with Crippen molar-refractivity contribution in [1.82, 2.24) is 4.98 Å². The molecule has 1 heterocycles. The van der Waals surface area contributed by atoms with Gasteiger partial charge in [-0.25, -0.2) is 4.98 Å². The van der Waals surface area contributed by atoms with E-state index in [9.17, 15) is 0 Å². The van der Waals surface area contributed by atoms with Crippen molar-refractivity contribution in [2.45, 2.75) is 0 Å². The third-order valence-corrected chi connectivity index (χ3v) is 4.67. The maximum atomic E-state index is 5.60. The summed E-state index contributed by atoms with van der Waals surface area (Å²) in [5, 5.41) is 9.20. The molecule has 0 saturated carbocycles. The number of para-hydroxylation sites is 1. The maximum Gasteiger partial charge on any atom is 0.0732 e. The third-order valence-electron chi connectivity index (χ3n) is 4.67. The lowest BCUT2D eigenvalue weighted by Crippen LogP contribution is -2.15. The Morgan fingerprint density at radius 1 is 0.733 bits per heavy atom. The molecule has 0 saturated heterocycles. The molecule has 7 heteroatoms. The summed E-state index contributed by atoms with van der Waals surface area (Å²) in [6, 6.07) is 14.5. The summed E-state index contributed by atoms with van der Waals surface area (Å²) in [5.74, 6) is 0. The molecule has 3 aromatic rings. The van der Waals surface area contributed by atoms with E-state index in [0.29, 0.717) is 52.7 Å². The molecule has 0 aliphatic rings. The van der Waals surface area contributed by atoms with Gasteiger partial charge in [0.1, 0.15) is 0 Å². The van der Waals surface area contributed by atoms with Crippen molar-refractivity contribution in [2.24, 2.45) is 0 Å². The van der Waals surface area contributed by atoms with Crippen LogP contribution in [0, 0.1) is 0 Å². The highest BCUT2D eigenvalue weighted by Crippen LogP contribution is 2.32. The van der Waals surface area contributed by atoms with Crippen molar-refractivity contribution in [2.75, 3.05) is 77.6 Å². The highest BCUT2D eigenvalue weighted by molar-refractivity contribution is 6.03. The minimum Gasteiger partial charge on any atom is -0.382 e. The number of nitrogens with one attached hydrogen (secondary N) is 2. The molecule has 0 amide bonds. The number of hydrogen-bond donors (Lipinski definition) is 2. The average molecular weight is 414 g/mol. The van der Waals surface area contributed by atoms with Crippen molar-refractivity contribution in [1.29, 1.82) is 0 Å². The molecule has 3 rings (SSSR count). The number of hydrogen-bond acceptors (Lipinski definition) is 7. The molecule has 0 bridgehead atoms. The molecule has 162 valence electrons. The lowest BCUT2D eigenvalue weighted by molar-refractivity contribution is 0.0758. The van der Waals surface area contributed by atoms with Crippen LogP contribution in [-0.2, 0) is 18.9 Å². The maximum absolute atomic E-state index is 5.60. The minimum atomic E-state index is 0.587. The van der Waals surface area contributed by atoms with Crippen molar-refractivity contribution >= 4 is 33.2 Å².